The van der Waals surface area contributed by atoms with Gasteiger partial charge in [-0.3, -0.25) is 4.79 Å². The summed E-state index contributed by atoms with van der Waals surface area (Å²) in [6.07, 6.45) is 0.729. The molecule has 2 aromatic rings. The minimum atomic E-state index is -0.440. The van der Waals surface area contributed by atoms with Crippen molar-refractivity contribution in [2.24, 2.45) is 0 Å². The highest BCUT2D eigenvalue weighted by Crippen LogP contribution is 2.24. The number of carbonyl (C=O) groups excluding carboxylic acids is 1. The number of hydrogen-bond acceptors (Lipinski definition) is 3. The Morgan fingerprint density at radius 2 is 1.96 bits per heavy atom. The van der Waals surface area contributed by atoms with Crippen molar-refractivity contribution in [3.05, 3.63) is 58.9 Å². The predicted molar refractivity (Wildman–Crippen MR) is 87.4 cm³/mol. The Balaban J connectivity index is 1.78. The maximum absolute atomic E-state index is 12.9. The van der Waals surface area contributed by atoms with Gasteiger partial charge >= 0.3 is 0 Å². The molecule has 0 heterocycles. The normalized spacial score (nSPS) is 10.4. The van der Waals surface area contributed by atoms with Crippen LogP contribution < -0.4 is 10.1 Å². The van der Waals surface area contributed by atoms with Crippen LogP contribution in [0, 0.1) is 5.82 Å². The van der Waals surface area contributed by atoms with E-state index in [9.17, 15) is 9.18 Å². The first-order chi connectivity index (χ1) is 11.1. The number of halogens is 2. The molecule has 2 rings (SSSR count). The molecule has 0 fully saturated rings. The van der Waals surface area contributed by atoms with Crippen molar-refractivity contribution in [1.29, 1.82) is 0 Å². The quantitative estimate of drug-likeness (QED) is 0.814. The summed E-state index contributed by atoms with van der Waals surface area (Å²) in [5.74, 6) is -0.294. The second-order valence-corrected chi connectivity index (χ2v) is 5.30. The molecule has 0 aliphatic heterocycles. The van der Waals surface area contributed by atoms with E-state index >= 15 is 0 Å². The number of nitrogens with one attached hydrogen (secondary N) is 1. The molecule has 1 amide bonds. The Bertz CT molecular complexity index is 661. The van der Waals surface area contributed by atoms with E-state index in [1.54, 1.807) is 12.1 Å². The van der Waals surface area contributed by atoms with Gasteiger partial charge in [-0.05, 0) is 42.3 Å². The Labute approximate surface area is 138 Å². The van der Waals surface area contributed by atoms with E-state index < -0.39 is 5.82 Å². The number of anilines is 1. The lowest BCUT2D eigenvalue weighted by molar-refractivity contribution is -0.116. The molecule has 2 N–H and O–H groups in total. The Morgan fingerprint density at radius 1 is 1.22 bits per heavy atom. The van der Waals surface area contributed by atoms with Crippen LogP contribution in [0.3, 0.4) is 0 Å². The molecule has 0 radical (unpaired) electrons. The van der Waals surface area contributed by atoms with Gasteiger partial charge in [-0.25, -0.2) is 4.39 Å². The lowest BCUT2D eigenvalue weighted by Crippen LogP contribution is -2.15. The number of aliphatic hydroxyl groups is 1. The number of carbonyl (C=O) groups is 1. The van der Waals surface area contributed by atoms with Crippen molar-refractivity contribution in [2.75, 3.05) is 18.5 Å². The first-order valence-electron chi connectivity index (χ1n) is 7.16. The summed E-state index contributed by atoms with van der Waals surface area (Å²) in [5, 5.41) is 11.8. The van der Waals surface area contributed by atoms with Crippen molar-refractivity contribution < 1.29 is 19.0 Å². The second kappa shape index (κ2) is 8.50. The highest BCUT2D eigenvalue weighted by atomic mass is 35.5. The molecule has 0 unspecified atom stereocenters. The third-order valence-corrected chi connectivity index (χ3v) is 3.41. The summed E-state index contributed by atoms with van der Waals surface area (Å²) >= 11 is 5.83. The average Bonchev–Trinajstić information content (AvgIpc) is 2.52. The van der Waals surface area contributed by atoms with E-state index in [4.69, 9.17) is 21.4 Å². The smallest absolute Gasteiger partial charge is 0.227 e. The minimum absolute atomic E-state index is 0.0923. The molecule has 0 bridgehead atoms. The van der Waals surface area contributed by atoms with E-state index in [2.05, 4.69) is 5.32 Å². The van der Waals surface area contributed by atoms with Gasteiger partial charge < -0.3 is 15.2 Å². The summed E-state index contributed by atoms with van der Waals surface area (Å²) in [5.41, 5.74) is 1.68. The monoisotopic (exact) mass is 337 g/mol. The van der Waals surface area contributed by atoms with Gasteiger partial charge in [0, 0.05) is 12.3 Å². The van der Waals surface area contributed by atoms with E-state index in [1.165, 1.54) is 12.1 Å². The van der Waals surface area contributed by atoms with Crippen LogP contribution in [-0.4, -0.2) is 24.2 Å². The lowest BCUT2D eigenvalue weighted by atomic mass is 10.1. The number of aliphatic hydroxyl groups excluding tert-OH is 1. The molecular weight excluding hydrogens is 321 g/mol. The van der Waals surface area contributed by atoms with Gasteiger partial charge in [0.1, 0.15) is 11.6 Å². The topological polar surface area (TPSA) is 58.6 Å². The van der Waals surface area contributed by atoms with Crippen molar-refractivity contribution in [1.82, 2.24) is 0 Å². The van der Waals surface area contributed by atoms with E-state index in [-0.39, 0.29) is 30.6 Å². The van der Waals surface area contributed by atoms with Gasteiger partial charge in [-0.1, -0.05) is 23.7 Å². The summed E-state index contributed by atoms with van der Waals surface area (Å²) < 4.78 is 18.3. The largest absolute Gasteiger partial charge is 0.491 e. The van der Waals surface area contributed by atoms with Crippen LogP contribution in [0.15, 0.2) is 42.5 Å². The van der Waals surface area contributed by atoms with Gasteiger partial charge in [0.05, 0.1) is 18.1 Å². The summed E-state index contributed by atoms with van der Waals surface area (Å²) in [6.45, 7) is 0.231. The molecule has 23 heavy (non-hydrogen) atoms. The third-order valence-electron chi connectivity index (χ3n) is 3.12. The molecule has 2 aromatic carbocycles. The zero-order valence-corrected chi connectivity index (χ0v) is 13.1. The number of hydrogen-bond donors (Lipinski definition) is 2. The average molecular weight is 338 g/mol. The molecule has 0 spiro atoms. The van der Waals surface area contributed by atoms with Crippen LogP contribution in [0.5, 0.6) is 5.75 Å². The highest BCUT2D eigenvalue weighted by molar-refractivity contribution is 6.32. The maximum atomic E-state index is 12.9. The van der Waals surface area contributed by atoms with Crippen LogP contribution >= 0.6 is 11.6 Å². The highest BCUT2D eigenvalue weighted by Gasteiger charge is 2.06. The van der Waals surface area contributed by atoms with Crippen LogP contribution in [0.1, 0.15) is 12.0 Å². The third kappa shape index (κ3) is 5.54. The van der Waals surface area contributed by atoms with Crippen molar-refractivity contribution in [2.45, 2.75) is 12.8 Å². The van der Waals surface area contributed by atoms with E-state index in [0.717, 1.165) is 11.6 Å². The van der Waals surface area contributed by atoms with Gasteiger partial charge in [0.2, 0.25) is 5.91 Å². The maximum Gasteiger partial charge on any atom is 0.227 e. The molecule has 0 aliphatic rings. The van der Waals surface area contributed by atoms with Crippen LogP contribution in [0.4, 0.5) is 10.1 Å². The van der Waals surface area contributed by atoms with Gasteiger partial charge in [0.25, 0.3) is 0 Å². The molecule has 6 heteroatoms. The van der Waals surface area contributed by atoms with E-state index in [1.807, 2.05) is 12.1 Å². The fourth-order valence-corrected chi connectivity index (χ4v) is 2.18. The Kier molecular flexibility index (Phi) is 6.38. The second-order valence-electron chi connectivity index (χ2n) is 4.89. The predicted octanol–water partition coefficient (Wildman–Crippen LogP) is 3.42. The minimum Gasteiger partial charge on any atom is -0.491 e. The van der Waals surface area contributed by atoms with Crippen LogP contribution in [-0.2, 0) is 11.2 Å². The summed E-state index contributed by atoms with van der Waals surface area (Å²) in [6, 6.07) is 11.1. The van der Waals surface area contributed by atoms with Crippen LogP contribution in [0.2, 0.25) is 5.02 Å². The SMILES string of the molecule is O=C(CCOc1ccc(F)cc1Cl)Nc1ccc(CCO)cc1. The van der Waals surface area contributed by atoms with Crippen molar-refractivity contribution in [3.63, 3.8) is 0 Å². The fourth-order valence-electron chi connectivity index (χ4n) is 1.95. The number of ether oxygens (including phenoxy) is 1. The standard InChI is InChI=1S/C17H17ClFNO3/c18-15-11-13(19)3-6-16(15)23-10-8-17(22)20-14-4-1-12(2-5-14)7-9-21/h1-6,11,21H,7-10H2,(H,20,22). The Hall–Kier alpha value is -2.11. The first-order valence-corrected chi connectivity index (χ1v) is 7.54. The van der Waals surface area contributed by atoms with Crippen molar-refractivity contribution >= 4 is 23.2 Å². The zero-order chi connectivity index (χ0) is 16.7. The molecule has 0 aromatic heterocycles. The molecule has 0 aliphatic carbocycles. The zero-order valence-electron chi connectivity index (χ0n) is 12.4. The lowest BCUT2D eigenvalue weighted by Gasteiger charge is -2.09. The molecule has 122 valence electrons. The molecule has 0 saturated carbocycles. The number of amides is 1. The van der Waals surface area contributed by atoms with Gasteiger partial charge in [-0.2, -0.15) is 0 Å². The van der Waals surface area contributed by atoms with Gasteiger partial charge in [-0.15, -0.1) is 0 Å². The van der Waals surface area contributed by atoms with E-state index in [0.29, 0.717) is 17.9 Å². The Morgan fingerprint density at radius 3 is 2.61 bits per heavy atom. The first kappa shape index (κ1) is 17.2. The molecule has 0 atom stereocenters. The number of benzene rings is 2. The van der Waals surface area contributed by atoms with Gasteiger partial charge in [0.15, 0.2) is 0 Å². The summed E-state index contributed by atoms with van der Waals surface area (Å²) in [4.78, 5) is 11.8. The fraction of sp³-hybridized carbons (Fsp3) is 0.235. The molecule has 0 saturated heterocycles. The molecular formula is C17H17ClFNO3. The number of rotatable bonds is 7. The van der Waals surface area contributed by atoms with Crippen LogP contribution in [0.25, 0.3) is 0 Å². The summed E-state index contributed by atoms with van der Waals surface area (Å²) in [7, 11) is 0. The molecule has 4 nitrogen and oxygen atoms in total. The van der Waals surface area contributed by atoms with Crippen molar-refractivity contribution in [3.8, 4) is 5.75 Å².